The van der Waals surface area contributed by atoms with Gasteiger partial charge in [0.2, 0.25) is 11.8 Å². The van der Waals surface area contributed by atoms with E-state index in [1.165, 1.54) is 0 Å². The van der Waals surface area contributed by atoms with E-state index in [0.717, 1.165) is 28.1 Å². The summed E-state index contributed by atoms with van der Waals surface area (Å²) >= 11 is 0. The van der Waals surface area contributed by atoms with E-state index < -0.39 is 0 Å². The summed E-state index contributed by atoms with van der Waals surface area (Å²) in [6, 6.07) is 13.6. The molecule has 0 aliphatic carbocycles. The van der Waals surface area contributed by atoms with E-state index in [-0.39, 0.29) is 24.2 Å². The molecule has 2 aromatic rings. The first-order valence-electron chi connectivity index (χ1n) is 8.75. The minimum Gasteiger partial charge on any atom is -0.497 e. The molecule has 0 bridgehead atoms. The lowest BCUT2D eigenvalue weighted by Gasteiger charge is -2.17. The van der Waals surface area contributed by atoms with Crippen LogP contribution in [0.15, 0.2) is 42.5 Å². The number of rotatable bonds is 5. The van der Waals surface area contributed by atoms with E-state index in [1.807, 2.05) is 56.3 Å². The molecule has 2 aromatic carbocycles. The second kappa shape index (κ2) is 7.60. The van der Waals surface area contributed by atoms with Crippen molar-refractivity contribution in [2.24, 2.45) is 5.92 Å². The van der Waals surface area contributed by atoms with Gasteiger partial charge >= 0.3 is 0 Å². The van der Waals surface area contributed by atoms with Crippen LogP contribution >= 0.6 is 0 Å². The molecule has 1 heterocycles. The van der Waals surface area contributed by atoms with Gasteiger partial charge in [0.25, 0.3) is 0 Å². The van der Waals surface area contributed by atoms with Gasteiger partial charge in [0.15, 0.2) is 0 Å². The van der Waals surface area contributed by atoms with E-state index >= 15 is 0 Å². The van der Waals surface area contributed by atoms with Crippen molar-refractivity contribution in [3.05, 3.63) is 59.2 Å². The Kier molecular flexibility index (Phi) is 5.26. The number of methoxy groups -OCH3 is 1. The van der Waals surface area contributed by atoms with Gasteiger partial charge in [-0.3, -0.25) is 9.59 Å². The molecule has 1 atom stereocenters. The number of amides is 2. The first kappa shape index (κ1) is 18.0. The number of anilines is 1. The number of carbonyl (C=O) groups excluding carboxylic acids is 2. The Morgan fingerprint density at radius 2 is 1.92 bits per heavy atom. The fourth-order valence-electron chi connectivity index (χ4n) is 3.16. The van der Waals surface area contributed by atoms with Gasteiger partial charge in [-0.25, -0.2) is 0 Å². The summed E-state index contributed by atoms with van der Waals surface area (Å²) in [6.07, 6.45) is 0.257. The highest BCUT2D eigenvalue weighted by Crippen LogP contribution is 2.24. The van der Waals surface area contributed by atoms with Gasteiger partial charge < -0.3 is 15.0 Å². The molecule has 5 heteroatoms. The van der Waals surface area contributed by atoms with Crippen molar-refractivity contribution in [3.8, 4) is 5.75 Å². The Hall–Kier alpha value is -2.82. The molecule has 5 nitrogen and oxygen atoms in total. The van der Waals surface area contributed by atoms with Crippen LogP contribution in [0.1, 0.15) is 23.1 Å². The maximum atomic E-state index is 12.6. The van der Waals surface area contributed by atoms with Crippen molar-refractivity contribution >= 4 is 17.5 Å². The smallest absolute Gasteiger partial charge is 0.229 e. The van der Waals surface area contributed by atoms with Crippen molar-refractivity contribution < 1.29 is 14.3 Å². The van der Waals surface area contributed by atoms with Gasteiger partial charge in [-0.1, -0.05) is 24.3 Å². The normalized spacial score (nSPS) is 16.7. The van der Waals surface area contributed by atoms with Gasteiger partial charge in [0, 0.05) is 25.2 Å². The molecule has 1 saturated heterocycles. The molecule has 0 aromatic heterocycles. The largest absolute Gasteiger partial charge is 0.497 e. The highest BCUT2D eigenvalue weighted by Gasteiger charge is 2.34. The molecule has 1 N–H and O–H groups in total. The van der Waals surface area contributed by atoms with Crippen LogP contribution in [-0.2, 0) is 16.1 Å². The second-order valence-electron chi connectivity index (χ2n) is 6.83. The molecule has 1 aliphatic heterocycles. The zero-order valence-corrected chi connectivity index (χ0v) is 15.4. The average molecular weight is 352 g/mol. The topological polar surface area (TPSA) is 58.6 Å². The summed E-state index contributed by atoms with van der Waals surface area (Å²) in [7, 11) is 1.62. The van der Waals surface area contributed by atoms with Gasteiger partial charge in [0.1, 0.15) is 5.75 Å². The molecule has 1 aliphatic rings. The van der Waals surface area contributed by atoms with Crippen LogP contribution in [0.4, 0.5) is 5.69 Å². The molecule has 0 radical (unpaired) electrons. The van der Waals surface area contributed by atoms with E-state index in [0.29, 0.717) is 13.1 Å². The number of hydrogen-bond donors (Lipinski definition) is 1. The Bertz CT molecular complexity index is 815. The number of carbonyl (C=O) groups is 2. The zero-order valence-electron chi connectivity index (χ0n) is 15.4. The van der Waals surface area contributed by atoms with Gasteiger partial charge in [0.05, 0.1) is 13.0 Å². The van der Waals surface area contributed by atoms with Crippen LogP contribution in [0, 0.1) is 19.8 Å². The van der Waals surface area contributed by atoms with Crippen LogP contribution in [0.5, 0.6) is 5.75 Å². The lowest BCUT2D eigenvalue weighted by Crippen LogP contribution is -2.28. The van der Waals surface area contributed by atoms with Gasteiger partial charge in [-0.05, 0) is 48.7 Å². The molecule has 0 saturated carbocycles. The lowest BCUT2D eigenvalue weighted by molar-refractivity contribution is -0.128. The zero-order chi connectivity index (χ0) is 18.7. The average Bonchev–Trinajstić information content (AvgIpc) is 2.99. The SMILES string of the molecule is COc1ccc(CN2CC(C(=O)Nc3cc(C)ccc3C)CC2=O)cc1. The van der Waals surface area contributed by atoms with Crippen LogP contribution in [0.2, 0.25) is 0 Å². The number of aryl methyl sites for hydroxylation is 2. The van der Waals surface area contributed by atoms with Crippen molar-refractivity contribution in [2.75, 3.05) is 19.0 Å². The van der Waals surface area contributed by atoms with Crippen molar-refractivity contribution in [3.63, 3.8) is 0 Å². The molecule has 26 heavy (non-hydrogen) atoms. The quantitative estimate of drug-likeness (QED) is 0.898. The molecule has 0 spiro atoms. The third-order valence-electron chi connectivity index (χ3n) is 4.77. The number of likely N-dealkylation sites (tertiary alicyclic amines) is 1. The first-order chi connectivity index (χ1) is 12.5. The molecular formula is C21H24N2O3. The van der Waals surface area contributed by atoms with Gasteiger partial charge in [-0.15, -0.1) is 0 Å². The summed E-state index contributed by atoms with van der Waals surface area (Å²) in [5.74, 6) is 0.388. The number of ether oxygens (including phenoxy) is 1. The van der Waals surface area contributed by atoms with Crippen LogP contribution < -0.4 is 10.1 Å². The Morgan fingerprint density at radius 3 is 2.62 bits per heavy atom. The number of nitrogens with one attached hydrogen (secondary N) is 1. The van der Waals surface area contributed by atoms with Crippen LogP contribution in [0.3, 0.4) is 0 Å². The summed E-state index contributed by atoms with van der Waals surface area (Å²) in [6.45, 7) is 4.91. The molecule has 1 fully saturated rings. The summed E-state index contributed by atoms with van der Waals surface area (Å²) in [5.41, 5.74) is 3.95. The molecule has 136 valence electrons. The van der Waals surface area contributed by atoms with E-state index in [1.54, 1.807) is 12.0 Å². The summed E-state index contributed by atoms with van der Waals surface area (Å²) < 4.78 is 5.15. The predicted octanol–water partition coefficient (Wildman–Crippen LogP) is 3.30. The van der Waals surface area contributed by atoms with E-state index in [4.69, 9.17) is 4.74 Å². The number of hydrogen-bond acceptors (Lipinski definition) is 3. The highest BCUT2D eigenvalue weighted by atomic mass is 16.5. The van der Waals surface area contributed by atoms with Crippen LogP contribution in [-0.4, -0.2) is 30.4 Å². The number of benzene rings is 2. The third-order valence-corrected chi connectivity index (χ3v) is 4.77. The Morgan fingerprint density at radius 1 is 1.19 bits per heavy atom. The predicted molar refractivity (Wildman–Crippen MR) is 101 cm³/mol. The Balaban J connectivity index is 1.63. The standard InChI is InChI=1S/C21H24N2O3/c1-14-4-5-15(2)19(10-14)22-21(25)17-11-20(24)23(13-17)12-16-6-8-18(26-3)9-7-16/h4-10,17H,11-13H2,1-3H3,(H,22,25). The molecule has 3 rings (SSSR count). The fraction of sp³-hybridized carbons (Fsp3) is 0.333. The molecule has 1 unspecified atom stereocenters. The monoisotopic (exact) mass is 352 g/mol. The van der Waals surface area contributed by atoms with E-state index in [9.17, 15) is 9.59 Å². The lowest BCUT2D eigenvalue weighted by atomic mass is 10.1. The highest BCUT2D eigenvalue weighted by molar-refractivity contribution is 5.97. The van der Waals surface area contributed by atoms with Crippen molar-refractivity contribution in [2.45, 2.75) is 26.8 Å². The third kappa shape index (κ3) is 4.04. The molecule has 2 amide bonds. The van der Waals surface area contributed by atoms with Crippen molar-refractivity contribution in [1.82, 2.24) is 4.90 Å². The summed E-state index contributed by atoms with van der Waals surface area (Å²) in [5, 5.41) is 2.98. The van der Waals surface area contributed by atoms with Gasteiger partial charge in [-0.2, -0.15) is 0 Å². The van der Waals surface area contributed by atoms with Crippen molar-refractivity contribution in [1.29, 1.82) is 0 Å². The minimum absolute atomic E-state index is 0.0157. The maximum absolute atomic E-state index is 12.6. The second-order valence-corrected chi connectivity index (χ2v) is 6.83. The summed E-state index contributed by atoms with van der Waals surface area (Å²) in [4.78, 5) is 26.7. The Labute approximate surface area is 154 Å². The van der Waals surface area contributed by atoms with Crippen LogP contribution in [0.25, 0.3) is 0 Å². The maximum Gasteiger partial charge on any atom is 0.229 e. The first-order valence-corrected chi connectivity index (χ1v) is 8.75. The fourth-order valence-corrected chi connectivity index (χ4v) is 3.16. The van der Waals surface area contributed by atoms with E-state index in [2.05, 4.69) is 5.32 Å². The number of nitrogens with zero attached hydrogens (tertiary/aromatic N) is 1. The molecular weight excluding hydrogens is 328 g/mol. The minimum atomic E-state index is -0.319.